The molecular weight excluding hydrogens is 340 g/mol. The molecule has 0 spiro atoms. The summed E-state index contributed by atoms with van der Waals surface area (Å²) in [5.74, 6) is 0. The fourth-order valence-electron chi connectivity index (χ4n) is 2.62. The monoisotopic (exact) mass is 362 g/mol. The first kappa shape index (κ1) is 17.9. The first-order valence-electron chi connectivity index (χ1n) is 8.47. The number of rotatable bonds is 5. The lowest BCUT2D eigenvalue weighted by molar-refractivity contribution is 0.798. The van der Waals surface area contributed by atoms with Crippen LogP contribution in [0.1, 0.15) is 22.4 Å². The molecule has 4 nitrogen and oxygen atoms in total. The van der Waals surface area contributed by atoms with Crippen molar-refractivity contribution >= 4 is 29.2 Å². The minimum Gasteiger partial charge on any atom is -0.342 e. The normalized spacial score (nSPS) is 10.8. The van der Waals surface area contributed by atoms with Crippen molar-refractivity contribution in [2.45, 2.75) is 20.4 Å². The summed E-state index contributed by atoms with van der Waals surface area (Å²) in [5, 5.41) is 7.83. The fraction of sp³-hybridized carbons (Fsp3) is 0.143. The van der Waals surface area contributed by atoms with E-state index < -0.39 is 0 Å². The third kappa shape index (κ3) is 5.04. The summed E-state index contributed by atoms with van der Waals surface area (Å²) < 4.78 is 2.15. The summed E-state index contributed by atoms with van der Waals surface area (Å²) >= 11 is 5.28. The average Bonchev–Trinajstić information content (AvgIpc) is 3.04. The van der Waals surface area contributed by atoms with Gasteiger partial charge in [0.25, 0.3) is 0 Å². The van der Waals surface area contributed by atoms with Crippen LogP contribution < -0.4 is 10.7 Å². The molecular formula is C21H22N4S. The largest absolute Gasteiger partial charge is 0.342 e. The van der Waals surface area contributed by atoms with E-state index in [9.17, 15) is 0 Å². The van der Waals surface area contributed by atoms with Gasteiger partial charge in [-0.2, -0.15) is 5.10 Å². The Balaban J connectivity index is 1.58. The molecule has 2 aromatic carbocycles. The van der Waals surface area contributed by atoms with E-state index in [-0.39, 0.29) is 0 Å². The number of aromatic nitrogens is 1. The first-order valence-corrected chi connectivity index (χ1v) is 8.88. The van der Waals surface area contributed by atoms with Crippen molar-refractivity contribution in [2.24, 2.45) is 5.10 Å². The highest BCUT2D eigenvalue weighted by atomic mass is 32.1. The molecule has 0 amide bonds. The molecule has 2 N–H and O–H groups in total. The summed E-state index contributed by atoms with van der Waals surface area (Å²) in [6.45, 7) is 4.94. The molecule has 1 aromatic heterocycles. The van der Waals surface area contributed by atoms with Gasteiger partial charge in [-0.25, -0.2) is 0 Å². The summed E-state index contributed by atoms with van der Waals surface area (Å²) in [6, 6.07) is 20.6. The van der Waals surface area contributed by atoms with Crippen molar-refractivity contribution in [1.82, 2.24) is 9.99 Å². The molecule has 0 bridgehead atoms. The molecule has 5 heteroatoms. The number of aryl methyl sites for hydroxylation is 2. The molecule has 1 heterocycles. The molecule has 0 unspecified atom stereocenters. The summed E-state index contributed by atoms with van der Waals surface area (Å²) in [5.41, 5.74) is 8.52. The molecule has 26 heavy (non-hydrogen) atoms. The molecule has 0 aliphatic rings. The van der Waals surface area contributed by atoms with Crippen LogP contribution in [0.15, 0.2) is 72.0 Å². The van der Waals surface area contributed by atoms with Gasteiger partial charge in [0.1, 0.15) is 0 Å². The zero-order chi connectivity index (χ0) is 18.4. The molecule has 0 fully saturated rings. The van der Waals surface area contributed by atoms with E-state index in [1.807, 2.05) is 49.5 Å². The van der Waals surface area contributed by atoms with E-state index >= 15 is 0 Å². The quantitative estimate of drug-likeness (QED) is 0.400. The zero-order valence-electron chi connectivity index (χ0n) is 14.9. The van der Waals surface area contributed by atoms with Gasteiger partial charge in [-0.3, -0.25) is 5.43 Å². The van der Waals surface area contributed by atoms with Crippen LogP contribution in [0.2, 0.25) is 0 Å². The van der Waals surface area contributed by atoms with Crippen molar-refractivity contribution < 1.29 is 0 Å². The van der Waals surface area contributed by atoms with Gasteiger partial charge in [-0.1, -0.05) is 42.0 Å². The number of anilines is 1. The molecule has 0 atom stereocenters. The van der Waals surface area contributed by atoms with Gasteiger partial charge in [0.2, 0.25) is 0 Å². The number of benzene rings is 2. The van der Waals surface area contributed by atoms with Crippen LogP contribution in [0.3, 0.4) is 0 Å². The van der Waals surface area contributed by atoms with Crippen LogP contribution >= 0.6 is 12.2 Å². The second-order valence-electron chi connectivity index (χ2n) is 6.24. The average molecular weight is 363 g/mol. The van der Waals surface area contributed by atoms with Crippen LogP contribution in [0.5, 0.6) is 0 Å². The maximum atomic E-state index is 5.28. The van der Waals surface area contributed by atoms with Gasteiger partial charge < -0.3 is 9.88 Å². The van der Waals surface area contributed by atoms with E-state index in [4.69, 9.17) is 12.2 Å². The maximum Gasteiger partial charge on any atom is 0.191 e. The molecule has 0 saturated heterocycles. The van der Waals surface area contributed by atoms with Gasteiger partial charge in [0.15, 0.2) is 5.11 Å². The number of hydrogen-bond acceptors (Lipinski definition) is 2. The SMILES string of the molecule is Cc1ccc(Cn2cccc2C=NNC(=S)Nc2cccc(C)c2)cc1. The summed E-state index contributed by atoms with van der Waals surface area (Å²) in [7, 11) is 0. The molecule has 3 aromatic rings. The van der Waals surface area contributed by atoms with Gasteiger partial charge >= 0.3 is 0 Å². The Morgan fingerprint density at radius 2 is 1.85 bits per heavy atom. The van der Waals surface area contributed by atoms with Crippen LogP contribution in [-0.4, -0.2) is 15.9 Å². The Labute approximate surface area is 159 Å². The lowest BCUT2D eigenvalue weighted by Gasteiger charge is -2.08. The lowest BCUT2D eigenvalue weighted by atomic mass is 10.1. The third-order valence-electron chi connectivity index (χ3n) is 3.98. The van der Waals surface area contributed by atoms with Gasteiger partial charge in [-0.15, -0.1) is 0 Å². The van der Waals surface area contributed by atoms with Gasteiger partial charge in [0.05, 0.1) is 11.9 Å². The summed E-state index contributed by atoms with van der Waals surface area (Å²) in [6.07, 6.45) is 3.82. The predicted octanol–water partition coefficient (Wildman–Crippen LogP) is 4.47. The van der Waals surface area contributed by atoms with Crippen molar-refractivity contribution in [2.75, 3.05) is 5.32 Å². The number of nitrogens with one attached hydrogen (secondary N) is 2. The van der Waals surface area contributed by atoms with Crippen LogP contribution in [0, 0.1) is 13.8 Å². The first-order chi connectivity index (χ1) is 12.6. The van der Waals surface area contributed by atoms with E-state index in [2.05, 4.69) is 51.6 Å². The fourth-order valence-corrected chi connectivity index (χ4v) is 2.79. The highest BCUT2D eigenvalue weighted by molar-refractivity contribution is 7.80. The topological polar surface area (TPSA) is 41.4 Å². The molecule has 0 radical (unpaired) electrons. The lowest BCUT2D eigenvalue weighted by Crippen LogP contribution is -2.24. The second kappa shape index (κ2) is 8.45. The van der Waals surface area contributed by atoms with Gasteiger partial charge in [-0.05, 0) is 61.5 Å². The minimum atomic E-state index is 0.462. The predicted molar refractivity (Wildman–Crippen MR) is 113 cm³/mol. The number of thiocarbonyl (C=S) groups is 1. The smallest absolute Gasteiger partial charge is 0.191 e. The third-order valence-corrected chi connectivity index (χ3v) is 4.17. The van der Waals surface area contributed by atoms with Crippen molar-refractivity contribution in [3.05, 3.63) is 89.2 Å². The van der Waals surface area contributed by atoms with E-state index in [0.717, 1.165) is 17.9 Å². The van der Waals surface area contributed by atoms with Crippen molar-refractivity contribution in [1.29, 1.82) is 0 Å². The Hall–Kier alpha value is -2.92. The highest BCUT2D eigenvalue weighted by Gasteiger charge is 2.00. The Morgan fingerprint density at radius 1 is 1.04 bits per heavy atom. The minimum absolute atomic E-state index is 0.462. The Morgan fingerprint density at radius 3 is 2.62 bits per heavy atom. The van der Waals surface area contributed by atoms with Crippen LogP contribution in [-0.2, 0) is 6.54 Å². The number of hydrazone groups is 1. The maximum absolute atomic E-state index is 5.28. The molecule has 0 aliphatic heterocycles. The van der Waals surface area contributed by atoms with Crippen LogP contribution in [0.4, 0.5) is 5.69 Å². The van der Waals surface area contributed by atoms with E-state index in [1.54, 1.807) is 6.21 Å². The van der Waals surface area contributed by atoms with E-state index in [0.29, 0.717) is 5.11 Å². The van der Waals surface area contributed by atoms with Gasteiger partial charge in [0, 0.05) is 18.4 Å². The second-order valence-corrected chi connectivity index (χ2v) is 6.65. The number of nitrogens with zero attached hydrogens (tertiary/aromatic N) is 2. The molecule has 0 saturated carbocycles. The van der Waals surface area contributed by atoms with E-state index in [1.165, 1.54) is 16.7 Å². The Kier molecular flexibility index (Phi) is 5.81. The Bertz CT molecular complexity index is 910. The molecule has 132 valence electrons. The molecule has 0 aliphatic carbocycles. The van der Waals surface area contributed by atoms with Crippen molar-refractivity contribution in [3.63, 3.8) is 0 Å². The number of hydrogen-bond donors (Lipinski definition) is 2. The standard InChI is InChI=1S/C21H22N4S/c1-16-8-10-18(11-9-16)15-25-12-4-7-20(25)14-22-24-21(26)23-19-6-3-5-17(2)13-19/h3-14H,15H2,1-2H3,(H2,23,24,26). The van der Waals surface area contributed by atoms with Crippen molar-refractivity contribution in [3.8, 4) is 0 Å². The zero-order valence-corrected chi connectivity index (χ0v) is 15.8. The van der Waals surface area contributed by atoms with Crippen LogP contribution in [0.25, 0.3) is 0 Å². The highest BCUT2D eigenvalue weighted by Crippen LogP contribution is 2.10. The summed E-state index contributed by atoms with van der Waals surface area (Å²) in [4.78, 5) is 0. The molecule has 3 rings (SSSR count).